The summed E-state index contributed by atoms with van der Waals surface area (Å²) in [5.41, 5.74) is 2.09. The molecule has 0 bridgehead atoms. The van der Waals surface area contributed by atoms with Crippen molar-refractivity contribution >= 4 is 45.0 Å². The van der Waals surface area contributed by atoms with Crippen LogP contribution in [0.15, 0.2) is 36.4 Å². The molecule has 30 heavy (non-hydrogen) atoms. The Bertz CT molecular complexity index is 1050. The normalized spacial score (nSPS) is 11.6. The molecule has 3 rings (SSSR count). The largest absolute Gasteiger partial charge is 0.416 e. The summed E-state index contributed by atoms with van der Waals surface area (Å²) in [6.07, 6.45) is -4.50. The minimum atomic E-state index is -4.50. The van der Waals surface area contributed by atoms with E-state index in [1.165, 1.54) is 28.4 Å². The molecule has 4 nitrogen and oxygen atoms in total. The molecule has 0 atom stereocenters. The van der Waals surface area contributed by atoms with Gasteiger partial charge in [-0.25, -0.2) is 4.98 Å². The molecule has 0 N–H and O–H groups in total. The zero-order valence-corrected chi connectivity index (χ0v) is 18.7. The molecule has 0 aliphatic rings. The molecular formula is C21H23ClF3N3OS. The molecule has 1 aromatic heterocycles. The van der Waals surface area contributed by atoms with E-state index in [0.717, 1.165) is 33.5 Å². The number of carbonyl (C=O) groups excluding carboxylic acids is 1. The summed E-state index contributed by atoms with van der Waals surface area (Å²) in [6.45, 7) is 4.84. The van der Waals surface area contributed by atoms with Gasteiger partial charge in [0.15, 0.2) is 5.13 Å². The third-order valence-corrected chi connectivity index (χ3v) is 5.80. The van der Waals surface area contributed by atoms with E-state index in [-0.39, 0.29) is 18.0 Å². The highest BCUT2D eigenvalue weighted by Crippen LogP contribution is 2.33. The number of thiazole rings is 1. The number of anilines is 1. The van der Waals surface area contributed by atoms with Gasteiger partial charge in [0, 0.05) is 18.7 Å². The van der Waals surface area contributed by atoms with Crippen molar-refractivity contribution in [3.05, 3.63) is 58.7 Å². The first-order valence-electron chi connectivity index (χ1n) is 9.08. The van der Waals surface area contributed by atoms with Crippen molar-refractivity contribution in [2.45, 2.75) is 20.0 Å². The van der Waals surface area contributed by atoms with Gasteiger partial charge in [-0.3, -0.25) is 9.69 Å². The molecule has 0 saturated carbocycles. The van der Waals surface area contributed by atoms with Crippen LogP contribution in [0.2, 0.25) is 0 Å². The first kappa shape index (κ1) is 24.1. The molecule has 0 aliphatic heterocycles. The molecule has 0 saturated heterocycles. The number of fused-ring (bicyclic) bond motifs is 1. The molecule has 1 heterocycles. The van der Waals surface area contributed by atoms with Gasteiger partial charge in [0.2, 0.25) is 0 Å². The molecule has 0 radical (unpaired) electrons. The average molecular weight is 458 g/mol. The van der Waals surface area contributed by atoms with E-state index in [1.54, 1.807) is 0 Å². The van der Waals surface area contributed by atoms with Gasteiger partial charge in [0.05, 0.1) is 15.8 Å². The van der Waals surface area contributed by atoms with Crippen molar-refractivity contribution in [2.24, 2.45) is 0 Å². The Morgan fingerprint density at radius 2 is 1.80 bits per heavy atom. The van der Waals surface area contributed by atoms with Crippen LogP contribution >= 0.6 is 23.7 Å². The van der Waals surface area contributed by atoms with Crippen molar-refractivity contribution in [1.82, 2.24) is 9.88 Å². The van der Waals surface area contributed by atoms with Crippen molar-refractivity contribution in [3.63, 3.8) is 0 Å². The molecule has 2 aromatic carbocycles. The zero-order valence-electron chi connectivity index (χ0n) is 17.1. The minimum Gasteiger partial charge on any atom is -0.308 e. The van der Waals surface area contributed by atoms with Crippen molar-refractivity contribution in [3.8, 4) is 0 Å². The monoisotopic (exact) mass is 457 g/mol. The number of alkyl halides is 3. The van der Waals surface area contributed by atoms with E-state index in [4.69, 9.17) is 0 Å². The Labute approximate surface area is 183 Å². The molecule has 0 aliphatic carbocycles. The maximum absolute atomic E-state index is 13.2. The van der Waals surface area contributed by atoms with Gasteiger partial charge in [-0.1, -0.05) is 23.5 Å². The first-order valence-corrected chi connectivity index (χ1v) is 9.90. The molecule has 0 unspecified atom stereocenters. The van der Waals surface area contributed by atoms with E-state index < -0.39 is 17.6 Å². The number of likely N-dealkylation sites (N-methyl/N-ethyl adjacent to an activating group) is 1. The van der Waals surface area contributed by atoms with E-state index in [2.05, 4.69) is 4.98 Å². The Morgan fingerprint density at radius 3 is 2.43 bits per heavy atom. The fourth-order valence-electron chi connectivity index (χ4n) is 2.90. The summed E-state index contributed by atoms with van der Waals surface area (Å²) < 4.78 is 40.2. The second kappa shape index (κ2) is 9.32. The van der Waals surface area contributed by atoms with E-state index in [0.29, 0.717) is 18.2 Å². The number of carbonyl (C=O) groups is 1. The quantitative estimate of drug-likeness (QED) is 0.503. The van der Waals surface area contributed by atoms with E-state index >= 15 is 0 Å². The van der Waals surface area contributed by atoms with Crippen molar-refractivity contribution in [1.29, 1.82) is 0 Å². The highest BCUT2D eigenvalue weighted by molar-refractivity contribution is 7.22. The number of halogens is 4. The maximum Gasteiger partial charge on any atom is 0.416 e. The summed E-state index contributed by atoms with van der Waals surface area (Å²) in [7, 11) is 3.75. The smallest absolute Gasteiger partial charge is 0.308 e. The van der Waals surface area contributed by atoms with Crippen LogP contribution in [0.5, 0.6) is 0 Å². The van der Waals surface area contributed by atoms with Crippen LogP contribution < -0.4 is 4.90 Å². The van der Waals surface area contributed by atoms with E-state index in [1.807, 2.05) is 45.0 Å². The standard InChI is InChI=1S/C21H22F3N3OS.ClH/c1-13-8-9-17-18(14(13)2)25-20(29-17)27(11-10-26(3)4)19(28)15-6-5-7-16(12-15)21(22,23)24;/h5-9,12H,10-11H2,1-4H3;1H. The number of hydrogen-bond donors (Lipinski definition) is 0. The fourth-order valence-corrected chi connectivity index (χ4v) is 3.95. The predicted molar refractivity (Wildman–Crippen MR) is 118 cm³/mol. The van der Waals surface area contributed by atoms with Gasteiger partial charge in [-0.05, 0) is 63.3 Å². The summed E-state index contributed by atoms with van der Waals surface area (Å²) >= 11 is 1.37. The lowest BCUT2D eigenvalue weighted by molar-refractivity contribution is -0.137. The highest BCUT2D eigenvalue weighted by atomic mass is 35.5. The van der Waals surface area contributed by atoms with Gasteiger partial charge in [-0.2, -0.15) is 13.2 Å². The van der Waals surface area contributed by atoms with Crippen molar-refractivity contribution in [2.75, 3.05) is 32.1 Å². The second-order valence-electron chi connectivity index (χ2n) is 7.19. The summed E-state index contributed by atoms with van der Waals surface area (Å²) in [5, 5.41) is 0.484. The third-order valence-electron chi connectivity index (χ3n) is 4.76. The topological polar surface area (TPSA) is 36.4 Å². The van der Waals surface area contributed by atoms with Crippen LogP contribution in [-0.4, -0.2) is 43.0 Å². The van der Waals surface area contributed by atoms with Crippen LogP contribution in [0.3, 0.4) is 0 Å². The Morgan fingerprint density at radius 1 is 1.10 bits per heavy atom. The predicted octanol–water partition coefficient (Wildman–Crippen LogP) is 5.56. The molecule has 9 heteroatoms. The highest BCUT2D eigenvalue weighted by Gasteiger charge is 2.32. The Kier molecular flexibility index (Phi) is 7.49. The van der Waals surface area contributed by atoms with Crippen LogP contribution in [0.1, 0.15) is 27.0 Å². The lowest BCUT2D eigenvalue weighted by Gasteiger charge is -2.22. The second-order valence-corrected chi connectivity index (χ2v) is 8.20. The molecule has 0 spiro atoms. The fraction of sp³-hybridized carbons (Fsp3) is 0.333. The maximum atomic E-state index is 13.2. The number of amides is 1. The lowest BCUT2D eigenvalue weighted by Crippen LogP contribution is -2.36. The molecule has 0 fully saturated rings. The number of aryl methyl sites for hydroxylation is 2. The number of rotatable bonds is 5. The lowest BCUT2D eigenvalue weighted by atomic mass is 10.1. The molecule has 162 valence electrons. The van der Waals surface area contributed by atoms with Crippen molar-refractivity contribution < 1.29 is 18.0 Å². The van der Waals surface area contributed by atoms with Gasteiger partial charge < -0.3 is 4.90 Å². The molecular weight excluding hydrogens is 435 g/mol. The van der Waals surface area contributed by atoms with Crippen LogP contribution in [-0.2, 0) is 6.18 Å². The van der Waals surface area contributed by atoms with E-state index in [9.17, 15) is 18.0 Å². The Balaban J connectivity index is 0.00000320. The molecule has 1 amide bonds. The Hall–Kier alpha value is -2.16. The molecule has 3 aromatic rings. The number of aromatic nitrogens is 1. The van der Waals surface area contributed by atoms with Gasteiger partial charge in [-0.15, -0.1) is 12.4 Å². The van der Waals surface area contributed by atoms with Gasteiger partial charge >= 0.3 is 6.18 Å². The SMILES string of the molecule is Cc1ccc2sc(N(CCN(C)C)C(=O)c3cccc(C(F)(F)F)c3)nc2c1C.Cl. The third kappa shape index (κ3) is 5.11. The number of hydrogen-bond acceptors (Lipinski definition) is 4. The van der Waals surface area contributed by atoms with Gasteiger partial charge in [0.25, 0.3) is 5.91 Å². The number of nitrogens with zero attached hydrogens (tertiary/aromatic N) is 3. The summed E-state index contributed by atoms with van der Waals surface area (Å²) in [5.74, 6) is -0.494. The van der Waals surface area contributed by atoms with Crippen LogP contribution in [0.25, 0.3) is 10.2 Å². The first-order chi connectivity index (χ1) is 13.6. The average Bonchev–Trinajstić information content (AvgIpc) is 3.08. The van der Waals surface area contributed by atoms with Crippen LogP contribution in [0, 0.1) is 13.8 Å². The van der Waals surface area contributed by atoms with Gasteiger partial charge in [0.1, 0.15) is 0 Å². The zero-order chi connectivity index (χ0) is 21.3. The summed E-state index contributed by atoms with van der Waals surface area (Å²) in [4.78, 5) is 21.2. The number of benzene rings is 2. The van der Waals surface area contributed by atoms with Crippen LogP contribution in [0.4, 0.5) is 18.3 Å². The minimum absolute atomic E-state index is 0. The summed E-state index contributed by atoms with van der Waals surface area (Å²) in [6, 6.07) is 8.48.